The van der Waals surface area contributed by atoms with E-state index in [0.29, 0.717) is 17.6 Å². The van der Waals surface area contributed by atoms with E-state index in [1.165, 1.54) is 10.9 Å². The van der Waals surface area contributed by atoms with Gasteiger partial charge in [0.15, 0.2) is 11.6 Å². The van der Waals surface area contributed by atoms with Crippen LogP contribution >= 0.6 is 0 Å². The van der Waals surface area contributed by atoms with Gasteiger partial charge >= 0.3 is 0 Å². The van der Waals surface area contributed by atoms with E-state index in [-0.39, 0.29) is 0 Å². The minimum Gasteiger partial charge on any atom is -0.456 e. The molecule has 0 fully saturated rings. The summed E-state index contributed by atoms with van der Waals surface area (Å²) in [4.78, 5) is 20.2. The van der Waals surface area contributed by atoms with E-state index in [1.807, 2.05) is 79.0 Å². The zero-order valence-electron chi connectivity index (χ0n) is 28.7. The zero-order valence-corrected chi connectivity index (χ0v) is 28.7. The molecule has 0 bridgehead atoms. The van der Waals surface area contributed by atoms with Gasteiger partial charge in [-0.3, -0.25) is 9.55 Å². The van der Waals surface area contributed by atoms with Crippen LogP contribution in [0.25, 0.3) is 105 Å². The van der Waals surface area contributed by atoms with E-state index in [2.05, 4.69) is 90.4 Å². The average molecular weight is 680 g/mol. The van der Waals surface area contributed by atoms with Crippen LogP contribution in [0.1, 0.15) is 5.56 Å². The Hall–Kier alpha value is -7.18. The van der Waals surface area contributed by atoms with Crippen LogP contribution in [0.4, 0.5) is 0 Å². The van der Waals surface area contributed by atoms with Crippen molar-refractivity contribution in [1.82, 2.24) is 24.5 Å². The van der Waals surface area contributed by atoms with E-state index in [1.54, 1.807) is 0 Å². The molecule has 0 N–H and O–H groups in total. The Morgan fingerprint density at radius 1 is 0.491 bits per heavy atom. The smallest absolute Gasteiger partial charge is 0.238 e. The van der Waals surface area contributed by atoms with Crippen molar-refractivity contribution in [3.63, 3.8) is 0 Å². The van der Waals surface area contributed by atoms with Crippen molar-refractivity contribution in [2.45, 2.75) is 6.92 Å². The Balaban J connectivity index is 1.16. The first-order valence-corrected chi connectivity index (χ1v) is 17.7. The molecule has 6 nitrogen and oxygen atoms in total. The molecule has 0 saturated heterocycles. The van der Waals surface area contributed by atoms with Crippen LogP contribution < -0.4 is 0 Å². The number of aryl methyl sites for hydroxylation is 1. The summed E-state index contributed by atoms with van der Waals surface area (Å²) in [5.74, 6) is 1.82. The van der Waals surface area contributed by atoms with Crippen molar-refractivity contribution in [2.24, 2.45) is 0 Å². The summed E-state index contributed by atoms with van der Waals surface area (Å²) < 4.78 is 8.50. The van der Waals surface area contributed by atoms with Gasteiger partial charge in [-0.05, 0) is 77.4 Å². The Morgan fingerprint density at radius 2 is 1.17 bits per heavy atom. The van der Waals surface area contributed by atoms with Gasteiger partial charge in [-0.25, -0.2) is 4.98 Å². The molecule has 0 atom stereocenters. The molecule has 0 saturated carbocycles. The van der Waals surface area contributed by atoms with Gasteiger partial charge in [0, 0.05) is 49.8 Å². The normalized spacial score (nSPS) is 11.9. The summed E-state index contributed by atoms with van der Waals surface area (Å²) in [6.45, 7) is 2.17. The predicted octanol–water partition coefficient (Wildman–Crippen LogP) is 11.9. The molecular formula is C47H29N5O. The molecule has 11 rings (SSSR count). The third-order valence-corrected chi connectivity index (χ3v) is 10.4. The van der Waals surface area contributed by atoms with Crippen molar-refractivity contribution in [3.05, 3.63) is 163 Å². The highest BCUT2D eigenvalue weighted by molar-refractivity contribution is 6.20. The first-order chi connectivity index (χ1) is 26.2. The van der Waals surface area contributed by atoms with Crippen LogP contribution in [0.15, 0.2) is 162 Å². The summed E-state index contributed by atoms with van der Waals surface area (Å²) in [5.41, 5.74) is 9.99. The van der Waals surface area contributed by atoms with Crippen molar-refractivity contribution in [2.75, 3.05) is 0 Å². The number of para-hydroxylation sites is 2. The van der Waals surface area contributed by atoms with E-state index in [9.17, 15) is 0 Å². The number of aromatic nitrogens is 5. The number of hydrogen-bond donors (Lipinski definition) is 0. The second-order valence-corrected chi connectivity index (χ2v) is 13.5. The van der Waals surface area contributed by atoms with Crippen LogP contribution in [-0.2, 0) is 0 Å². The predicted molar refractivity (Wildman–Crippen MR) is 215 cm³/mol. The third kappa shape index (κ3) is 4.59. The Bertz CT molecular complexity index is 3180. The molecule has 4 heterocycles. The summed E-state index contributed by atoms with van der Waals surface area (Å²) in [7, 11) is 0. The second-order valence-electron chi connectivity index (χ2n) is 13.5. The largest absolute Gasteiger partial charge is 0.456 e. The molecule has 53 heavy (non-hydrogen) atoms. The lowest BCUT2D eigenvalue weighted by molar-refractivity contribution is 0.669. The highest BCUT2D eigenvalue weighted by Crippen LogP contribution is 2.41. The number of rotatable bonds is 4. The molecule has 0 aliphatic heterocycles. The zero-order chi connectivity index (χ0) is 35.0. The molecule has 4 aromatic heterocycles. The Kier molecular flexibility index (Phi) is 6.36. The molecule has 0 radical (unpaired) electrons. The quantitative estimate of drug-likeness (QED) is 0.173. The van der Waals surface area contributed by atoms with Gasteiger partial charge in [0.05, 0.1) is 16.6 Å². The fourth-order valence-corrected chi connectivity index (χ4v) is 7.92. The number of fused-ring (bicyclic) bond motifs is 9. The van der Waals surface area contributed by atoms with Gasteiger partial charge in [-0.2, -0.15) is 9.97 Å². The number of furan rings is 1. The summed E-state index contributed by atoms with van der Waals surface area (Å²) in [6.07, 6.45) is 1.92. The average Bonchev–Trinajstić information content (AvgIpc) is 3.75. The molecule has 0 unspecified atom stereocenters. The van der Waals surface area contributed by atoms with Gasteiger partial charge in [-0.15, -0.1) is 0 Å². The van der Waals surface area contributed by atoms with Gasteiger partial charge in [0.2, 0.25) is 5.95 Å². The lowest BCUT2D eigenvalue weighted by Gasteiger charge is -2.13. The summed E-state index contributed by atoms with van der Waals surface area (Å²) >= 11 is 0. The highest BCUT2D eigenvalue weighted by atomic mass is 16.3. The van der Waals surface area contributed by atoms with Gasteiger partial charge < -0.3 is 4.42 Å². The summed E-state index contributed by atoms with van der Waals surface area (Å²) in [5, 5.41) is 7.90. The third-order valence-electron chi connectivity index (χ3n) is 10.4. The van der Waals surface area contributed by atoms with E-state index in [0.717, 1.165) is 82.3 Å². The van der Waals surface area contributed by atoms with Crippen LogP contribution in [0.3, 0.4) is 0 Å². The van der Waals surface area contributed by atoms with Crippen molar-refractivity contribution < 1.29 is 4.42 Å². The molecule has 0 aliphatic carbocycles. The minimum atomic E-state index is 0.569. The lowest BCUT2D eigenvalue weighted by Crippen LogP contribution is -2.06. The first-order valence-electron chi connectivity index (χ1n) is 17.7. The van der Waals surface area contributed by atoms with Gasteiger partial charge in [0.1, 0.15) is 11.2 Å². The monoisotopic (exact) mass is 679 g/mol. The van der Waals surface area contributed by atoms with Crippen LogP contribution in [-0.4, -0.2) is 24.5 Å². The fraction of sp³-hybridized carbons (Fsp3) is 0.0213. The van der Waals surface area contributed by atoms with E-state index in [4.69, 9.17) is 24.4 Å². The second kappa shape index (κ2) is 11.4. The Labute approximate surface area is 303 Å². The Morgan fingerprint density at radius 3 is 1.94 bits per heavy atom. The van der Waals surface area contributed by atoms with Gasteiger partial charge in [0.25, 0.3) is 0 Å². The topological polar surface area (TPSA) is 69.6 Å². The maximum Gasteiger partial charge on any atom is 0.238 e. The summed E-state index contributed by atoms with van der Waals surface area (Å²) in [6, 6.07) is 52.4. The van der Waals surface area contributed by atoms with Gasteiger partial charge in [-0.1, -0.05) is 103 Å². The molecule has 7 aromatic carbocycles. The molecule has 6 heteroatoms. The van der Waals surface area contributed by atoms with E-state index >= 15 is 0 Å². The van der Waals surface area contributed by atoms with E-state index < -0.39 is 0 Å². The minimum absolute atomic E-state index is 0.569. The molecule has 248 valence electrons. The number of pyridine rings is 1. The number of benzene rings is 7. The SMILES string of the molecule is Cc1ccnc2c(-c3ccc4c(c3)c3ccccc3n4-c3nc(-c4ccccc4)nc(-c4ccccc4)n3)cc3cc4oc5ccccc5c4cc3c12. The maximum atomic E-state index is 6.34. The van der Waals surface area contributed by atoms with Crippen molar-refractivity contribution in [3.8, 4) is 39.9 Å². The first kappa shape index (κ1) is 29.5. The number of nitrogens with zero attached hydrogens (tertiary/aromatic N) is 5. The maximum absolute atomic E-state index is 6.34. The number of hydrogen-bond acceptors (Lipinski definition) is 5. The standard InChI is InChI=1S/C47H29N5O/c1-28-22-23-48-44-36(25-32-26-42-38(27-35(32)43(28)44)34-17-9-11-19-41(34)53-42)31-20-21-40-37(24-31)33-16-8-10-18-39(33)52(40)47-50-45(29-12-4-2-5-13-29)49-46(51-47)30-14-6-3-7-15-30/h2-27H,1H3. The van der Waals surface area contributed by atoms with Crippen molar-refractivity contribution >= 4 is 65.4 Å². The fourth-order valence-electron chi connectivity index (χ4n) is 7.92. The van der Waals surface area contributed by atoms with Crippen molar-refractivity contribution in [1.29, 1.82) is 0 Å². The van der Waals surface area contributed by atoms with Crippen LogP contribution in [0.5, 0.6) is 0 Å². The highest BCUT2D eigenvalue weighted by Gasteiger charge is 2.20. The molecular weight excluding hydrogens is 651 g/mol. The van der Waals surface area contributed by atoms with Crippen LogP contribution in [0.2, 0.25) is 0 Å². The molecule has 0 spiro atoms. The lowest BCUT2D eigenvalue weighted by atomic mass is 9.93. The van der Waals surface area contributed by atoms with Crippen LogP contribution in [0, 0.1) is 6.92 Å². The molecule has 0 amide bonds. The molecule has 11 aromatic rings. The molecule has 0 aliphatic rings.